The second-order valence-electron chi connectivity index (χ2n) is 6.79. The Labute approximate surface area is 161 Å². The number of carbonyl (C=O) groups excluding carboxylic acids is 2. The van der Waals surface area contributed by atoms with Gasteiger partial charge in [0.15, 0.2) is 0 Å². The topological polar surface area (TPSA) is 58.6 Å². The first kappa shape index (κ1) is 20.5. The Morgan fingerprint density at radius 2 is 1.74 bits per heavy atom. The Balaban J connectivity index is 2.01. The maximum absolute atomic E-state index is 12.5. The summed E-state index contributed by atoms with van der Waals surface area (Å²) in [6, 6.07) is 15.5. The normalized spacial score (nSPS) is 10.6. The smallest absolute Gasteiger partial charge is 0.244 e. The molecule has 0 fully saturated rings. The Hall–Kier alpha value is -2.82. The Morgan fingerprint density at radius 3 is 2.41 bits per heavy atom. The Kier molecular flexibility index (Phi) is 7.41. The first-order valence-electron chi connectivity index (χ1n) is 9.18. The van der Waals surface area contributed by atoms with Crippen LogP contribution in [-0.2, 0) is 16.0 Å². The highest BCUT2D eigenvalue weighted by atomic mass is 16.5. The van der Waals surface area contributed by atoms with Crippen molar-refractivity contribution in [1.82, 2.24) is 4.90 Å². The molecule has 5 nitrogen and oxygen atoms in total. The van der Waals surface area contributed by atoms with Crippen molar-refractivity contribution in [2.24, 2.45) is 0 Å². The van der Waals surface area contributed by atoms with Crippen LogP contribution in [0.1, 0.15) is 37.8 Å². The Morgan fingerprint density at radius 1 is 1.07 bits per heavy atom. The lowest BCUT2D eigenvalue weighted by Gasteiger charge is -2.22. The minimum atomic E-state index is -0.196. The fourth-order valence-electron chi connectivity index (χ4n) is 2.99. The van der Waals surface area contributed by atoms with Crippen LogP contribution in [0.5, 0.6) is 5.75 Å². The van der Waals surface area contributed by atoms with Gasteiger partial charge in [-0.05, 0) is 35.6 Å². The van der Waals surface area contributed by atoms with Crippen molar-refractivity contribution in [1.29, 1.82) is 0 Å². The molecular weight excluding hydrogens is 340 g/mol. The average molecular weight is 368 g/mol. The molecule has 2 aromatic carbocycles. The van der Waals surface area contributed by atoms with Gasteiger partial charge in [0.05, 0.1) is 13.7 Å². The summed E-state index contributed by atoms with van der Waals surface area (Å²) < 4.78 is 5.35. The van der Waals surface area contributed by atoms with Crippen molar-refractivity contribution < 1.29 is 14.3 Å². The second kappa shape index (κ2) is 9.76. The van der Waals surface area contributed by atoms with E-state index in [4.69, 9.17) is 4.74 Å². The Bertz CT molecular complexity index is 787. The molecule has 0 saturated carbocycles. The highest BCUT2D eigenvalue weighted by Crippen LogP contribution is 2.23. The van der Waals surface area contributed by atoms with E-state index < -0.39 is 0 Å². The van der Waals surface area contributed by atoms with Crippen molar-refractivity contribution in [2.45, 2.75) is 33.1 Å². The van der Waals surface area contributed by atoms with E-state index in [1.807, 2.05) is 48.5 Å². The summed E-state index contributed by atoms with van der Waals surface area (Å²) in [5.41, 5.74) is 2.89. The number of carbonyl (C=O) groups is 2. The fourth-order valence-corrected chi connectivity index (χ4v) is 2.99. The molecule has 0 aromatic heterocycles. The molecule has 0 aliphatic rings. The lowest BCUT2D eigenvalue weighted by Crippen LogP contribution is -2.38. The zero-order valence-electron chi connectivity index (χ0n) is 16.5. The van der Waals surface area contributed by atoms with Gasteiger partial charge in [0, 0.05) is 19.2 Å². The number of amides is 2. The summed E-state index contributed by atoms with van der Waals surface area (Å²) in [4.78, 5) is 26.1. The summed E-state index contributed by atoms with van der Waals surface area (Å²) in [6.45, 7) is 6.13. The zero-order valence-corrected chi connectivity index (χ0v) is 16.5. The number of rotatable bonds is 8. The van der Waals surface area contributed by atoms with Crippen molar-refractivity contribution in [3.63, 3.8) is 0 Å². The summed E-state index contributed by atoms with van der Waals surface area (Å²) in [7, 11) is 1.63. The van der Waals surface area contributed by atoms with Crippen LogP contribution >= 0.6 is 0 Å². The highest BCUT2D eigenvalue weighted by molar-refractivity contribution is 5.95. The molecule has 27 heavy (non-hydrogen) atoms. The number of para-hydroxylation sites is 2. The first-order chi connectivity index (χ1) is 12.9. The summed E-state index contributed by atoms with van der Waals surface area (Å²) in [5, 5.41) is 2.94. The molecule has 0 aliphatic carbocycles. The number of ether oxygens (including phenoxy) is 1. The maximum atomic E-state index is 12.5. The molecule has 2 amide bonds. The number of hydrogen-bond donors (Lipinski definition) is 1. The first-order valence-corrected chi connectivity index (χ1v) is 9.18. The third-order valence-electron chi connectivity index (χ3n) is 4.48. The quantitative estimate of drug-likeness (QED) is 0.770. The lowest BCUT2D eigenvalue weighted by molar-refractivity contribution is -0.132. The van der Waals surface area contributed by atoms with Crippen LogP contribution in [0, 0.1) is 0 Å². The van der Waals surface area contributed by atoms with Gasteiger partial charge in [-0.25, -0.2) is 0 Å². The number of methoxy groups -OCH3 is 1. The van der Waals surface area contributed by atoms with E-state index >= 15 is 0 Å². The molecule has 0 heterocycles. The van der Waals surface area contributed by atoms with Gasteiger partial charge in [0.25, 0.3) is 0 Å². The maximum Gasteiger partial charge on any atom is 0.244 e. The van der Waals surface area contributed by atoms with Crippen LogP contribution in [0.4, 0.5) is 5.69 Å². The summed E-state index contributed by atoms with van der Waals surface area (Å²) in [6.07, 6.45) is 0.624. The van der Waals surface area contributed by atoms with Crippen molar-refractivity contribution in [3.8, 4) is 5.75 Å². The molecule has 144 valence electrons. The number of benzene rings is 2. The minimum Gasteiger partial charge on any atom is -0.496 e. The second-order valence-corrected chi connectivity index (χ2v) is 6.79. The predicted octanol–water partition coefficient (Wildman–Crippen LogP) is 3.85. The zero-order chi connectivity index (χ0) is 19.8. The van der Waals surface area contributed by atoms with Gasteiger partial charge in [-0.15, -0.1) is 0 Å². The molecule has 0 radical (unpaired) electrons. The van der Waals surface area contributed by atoms with E-state index in [1.54, 1.807) is 12.0 Å². The van der Waals surface area contributed by atoms with Gasteiger partial charge in [0.2, 0.25) is 11.8 Å². The van der Waals surface area contributed by atoms with E-state index in [1.165, 1.54) is 6.92 Å². The van der Waals surface area contributed by atoms with Crippen LogP contribution in [0.2, 0.25) is 0 Å². The highest BCUT2D eigenvalue weighted by Gasteiger charge is 2.16. The number of nitrogens with zero attached hydrogens (tertiary/aromatic N) is 1. The lowest BCUT2D eigenvalue weighted by atomic mass is 10.0. The van der Waals surface area contributed by atoms with E-state index in [0.717, 1.165) is 22.6 Å². The molecule has 0 atom stereocenters. The van der Waals surface area contributed by atoms with Crippen LogP contribution in [0.25, 0.3) is 0 Å². The molecular formula is C22H28N2O3. The van der Waals surface area contributed by atoms with Gasteiger partial charge < -0.3 is 15.0 Å². The number of hydrogen-bond acceptors (Lipinski definition) is 3. The van der Waals surface area contributed by atoms with E-state index in [0.29, 0.717) is 18.9 Å². The minimum absolute atomic E-state index is 0.0247. The van der Waals surface area contributed by atoms with Gasteiger partial charge >= 0.3 is 0 Å². The summed E-state index contributed by atoms with van der Waals surface area (Å²) >= 11 is 0. The predicted molar refractivity (Wildman–Crippen MR) is 108 cm³/mol. The van der Waals surface area contributed by atoms with Crippen molar-refractivity contribution in [3.05, 3.63) is 59.7 Å². The summed E-state index contributed by atoms with van der Waals surface area (Å²) in [5.74, 6) is 0.766. The van der Waals surface area contributed by atoms with Crippen LogP contribution < -0.4 is 10.1 Å². The number of nitrogens with one attached hydrogen (secondary N) is 1. The third-order valence-corrected chi connectivity index (χ3v) is 4.48. The van der Waals surface area contributed by atoms with Crippen molar-refractivity contribution >= 4 is 17.5 Å². The van der Waals surface area contributed by atoms with Crippen LogP contribution in [0.3, 0.4) is 0 Å². The van der Waals surface area contributed by atoms with E-state index in [2.05, 4.69) is 19.2 Å². The molecule has 0 aliphatic heterocycles. The average Bonchev–Trinajstić information content (AvgIpc) is 2.65. The van der Waals surface area contributed by atoms with E-state index in [-0.39, 0.29) is 18.4 Å². The molecule has 2 rings (SSSR count). The molecule has 1 N–H and O–H groups in total. The number of anilines is 1. The monoisotopic (exact) mass is 368 g/mol. The molecule has 2 aromatic rings. The standard InChI is InChI=1S/C22H28N2O3/c1-16(2)19-10-6-7-11-20(19)23-22(26)15-24(17(3)25)14-13-18-9-5-8-12-21(18)27-4/h5-12,16H,13-15H2,1-4H3,(H,23,26). The van der Waals surface area contributed by atoms with E-state index in [9.17, 15) is 9.59 Å². The van der Waals surface area contributed by atoms with Gasteiger partial charge in [-0.2, -0.15) is 0 Å². The van der Waals surface area contributed by atoms with Crippen LogP contribution in [0.15, 0.2) is 48.5 Å². The van der Waals surface area contributed by atoms with Crippen molar-refractivity contribution in [2.75, 3.05) is 25.5 Å². The van der Waals surface area contributed by atoms with Gasteiger partial charge in [-0.3, -0.25) is 9.59 Å². The molecule has 0 bridgehead atoms. The third kappa shape index (κ3) is 5.84. The molecule has 0 spiro atoms. The SMILES string of the molecule is COc1ccccc1CCN(CC(=O)Nc1ccccc1C(C)C)C(C)=O. The van der Waals surface area contributed by atoms with Crippen LogP contribution in [-0.4, -0.2) is 36.9 Å². The molecule has 5 heteroatoms. The molecule has 0 unspecified atom stereocenters. The fraction of sp³-hybridized carbons (Fsp3) is 0.364. The molecule has 0 saturated heterocycles. The van der Waals surface area contributed by atoms with Gasteiger partial charge in [-0.1, -0.05) is 50.2 Å². The van der Waals surface area contributed by atoms with Gasteiger partial charge in [0.1, 0.15) is 5.75 Å². The largest absolute Gasteiger partial charge is 0.496 e.